The lowest BCUT2D eigenvalue weighted by Crippen LogP contribution is -2.21. The summed E-state index contributed by atoms with van der Waals surface area (Å²) in [7, 11) is 0. The largest absolute Gasteiger partial charge is 0.299 e. The molecule has 1 unspecified atom stereocenters. The minimum atomic E-state index is 0.400. The Balaban J connectivity index is 2.57. The smallest absolute Gasteiger partial charge is 0.136 e. The van der Waals surface area contributed by atoms with Crippen molar-refractivity contribution in [1.29, 1.82) is 0 Å². The summed E-state index contributed by atoms with van der Waals surface area (Å²) >= 11 is 0. The Morgan fingerprint density at radius 2 is 1.92 bits per heavy atom. The minimum Gasteiger partial charge on any atom is -0.299 e. The lowest BCUT2D eigenvalue weighted by molar-refractivity contribution is -0.124. The standard InChI is InChI=1S/C12H22O/c1-3-10(4-2)11-8-6-5-7-9-12(11)13/h10-11H,3-9H2,1-2H3. The minimum absolute atomic E-state index is 0.400. The Bertz CT molecular complexity index is 159. The average Bonchev–Trinajstić information content (AvgIpc) is 2.34. The Morgan fingerprint density at radius 3 is 2.54 bits per heavy atom. The molecule has 0 heterocycles. The summed E-state index contributed by atoms with van der Waals surface area (Å²) in [6, 6.07) is 0. The molecule has 0 aromatic heterocycles. The summed E-state index contributed by atoms with van der Waals surface area (Å²) in [6.07, 6.45) is 8.02. The van der Waals surface area contributed by atoms with Crippen LogP contribution in [0.5, 0.6) is 0 Å². The Kier molecular flexibility index (Phi) is 4.47. The van der Waals surface area contributed by atoms with Gasteiger partial charge < -0.3 is 0 Å². The molecule has 0 N–H and O–H groups in total. The van der Waals surface area contributed by atoms with Crippen molar-refractivity contribution in [3.63, 3.8) is 0 Å². The molecule has 1 saturated carbocycles. The van der Waals surface area contributed by atoms with E-state index in [1.54, 1.807) is 0 Å². The van der Waals surface area contributed by atoms with Gasteiger partial charge in [0.15, 0.2) is 0 Å². The van der Waals surface area contributed by atoms with E-state index in [2.05, 4.69) is 13.8 Å². The molecule has 0 amide bonds. The SMILES string of the molecule is CCC(CC)C1CCCCCC1=O. The highest BCUT2D eigenvalue weighted by Crippen LogP contribution is 2.29. The van der Waals surface area contributed by atoms with Gasteiger partial charge in [-0.3, -0.25) is 4.79 Å². The van der Waals surface area contributed by atoms with Gasteiger partial charge in [-0.1, -0.05) is 39.5 Å². The first-order valence-corrected chi connectivity index (χ1v) is 5.82. The summed E-state index contributed by atoms with van der Waals surface area (Å²) in [5, 5.41) is 0. The predicted molar refractivity (Wildman–Crippen MR) is 55.7 cm³/mol. The van der Waals surface area contributed by atoms with E-state index in [1.165, 1.54) is 25.7 Å². The zero-order chi connectivity index (χ0) is 9.68. The highest BCUT2D eigenvalue weighted by atomic mass is 16.1. The van der Waals surface area contributed by atoms with Gasteiger partial charge in [-0.05, 0) is 18.8 Å². The van der Waals surface area contributed by atoms with Crippen LogP contribution in [0.2, 0.25) is 0 Å². The third-order valence-electron chi connectivity index (χ3n) is 3.47. The van der Waals surface area contributed by atoms with Gasteiger partial charge in [0, 0.05) is 12.3 Å². The molecule has 0 radical (unpaired) electrons. The van der Waals surface area contributed by atoms with E-state index < -0.39 is 0 Å². The zero-order valence-corrected chi connectivity index (χ0v) is 9.01. The predicted octanol–water partition coefficient (Wildman–Crippen LogP) is 3.57. The lowest BCUT2D eigenvalue weighted by Gasteiger charge is -2.22. The van der Waals surface area contributed by atoms with Crippen LogP contribution in [0.3, 0.4) is 0 Å². The molecule has 1 aliphatic carbocycles. The van der Waals surface area contributed by atoms with Crippen molar-refractivity contribution in [2.75, 3.05) is 0 Å². The van der Waals surface area contributed by atoms with Crippen molar-refractivity contribution in [2.45, 2.75) is 58.8 Å². The van der Waals surface area contributed by atoms with E-state index in [1.807, 2.05) is 0 Å². The molecule has 0 aromatic carbocycles. The number of hydrogen-bond donors (Lipinski definition) is 0. The van der Waals surface area contributed by atoms with Crippen LogP contribution in [0.4, 0.5) is 0 Å². The van der Waals surface area contributed by atoms with Gasteiger partial charge >= 0.3 is 0 Å². The molecule has 0 aliphatic heterocycles. The third-order valence-corrected chi connectivity index (χ3v) is 3.47. The first-order chi connectivity index (χ1) is 6.29. The maximum Gasteiger partial charge on any atom is 0.136 e. The summed E-state index contributed by atoms with van der Waals surface area (Å²) < 4.78 is 0. The Morgan fingerprint density at radius 1 is 1.23 bits per heavy atom. The number of carbonyl (C=O) groups excluding carboxylic acids is 1. The molecule has 1 nitrogen and oxygen atoms in total. The number of Topliss-reactive ketones (excluding diaryl/α,β-unsaturated/α-hetero) is 1. The van der Waals surface area contributed by atoms with Crippen LogP contribution in [0.25, 0.3) is 0 Å². The van der Waals surface area contributed by atoms with Gasteiger partial charge in [0.1, 0.15) is 5.78 Å². The van der Waals surface area contributed by atoms with E-state index in [9.17, 15) is 4.79 Å². The summed E-state index contributed by atoms with van der Waals surface area (Å²) in [5.74, 6) is 1.61. The number of hydrogen-bond acceptors (Lipinski definition) is 1. The summed E-state index contributed by atoms with van der Waals surface area (Å²) in [5.41, 5.74) is 0. The molecule has 76 valence electrons. The molecule has 1 fully saturated rings. The van der Waals surface area contributed by atoms with Crippen LogP contribution >= 0.6 is 0 Å². The molecule has 1 atom stereocenters. The molecule has 0 spiro atoms. The second-order valence-electron chi connectivity index (χ2n) is 4.25. The number of carbonyl (C=O) groups is 1. The molecular weight excluding hydrogens is 160 g/mol. The number of rotatable bonds is 3. The van der Waals surface area contributed by atoms with Gasteiger partial charge in [0.25, 0.3) is 0 Å². The van der Waals surface area contributed by atoms with E-state index >= 15 is 0 Å². The van der Waals surface area contributed by atoms with Gasteiger partial charge in [-0.25, -0.2) is 0 Å². The van der Waals surface area contributed by atoms with E-state index in [-0.39, 0.29) is 0 Å². The normalized spacial score (nSPS) is 24.8. The maximum atomic E-state index is 11.8. The molecule has 13 heavy (non-hydrogen) atoms. The van der Waals surface area contributed by atoms with Crippen molar-refractivity contribution in [3.8, 4) is 0 Å². The van der Waals surface area contributed by atoms with E-state index in [0.29, 0.717) is 17.6 Å². The van der Waals surface area contributed by atoms with Gasteiger partial charge in [0.05, 0.1) is 0 Å². The fourth-order valence-electron chi connectivity index (χ4n) is 2.54. The second kappa shape index (κ2) is 5.41. The van der Waals surface area contributed by atoms with Crippen LogP contribution in [-0.2, 0) is 4.79 Å². The maximum absolute atomic E-state index is 11.8. The van der Waals surface area contributed by atoms with Crippen LogP contribution in [0.15, 0.2) is 0 Å². The van der Waals surface area contributed by atoms with Gasteiger partial charge in [0.2, 0.25) is 0 Å². The third kappa shape index (κ3) is 2.82. The molecule has 0 bridgehead atoms. The fraction of sp³-hybridized carbons (Fsp3) is 0.917. The van der Waals surface area contributed by atoms with Gasteiger partial charge in [-0.2, -0.15) is 0 Å². The van der Waals surface area contributed by atoms with Crippen LogP contribution < -0.4 is 0 Å². The van der Waals surface area contributed by atoms with Crippen LogP contribution in [0, 0.1) is 11.8 Å². The zero-order valence-electron chi connectivity index (χ0n) is 9.01. The summed E-state index contributed by atoms with van der Waals surface area (Å²) in [4.78, 5) is 11.8. The first-order valence-electron chi connectivity index (χ1n) is 5.82. The van der Waals surface area contributed by atoms with Crippen LogP contribution in [0.1, 0.15) is 58.8 Å². The van der Waals surface area contributed by atoms with E-state index in [4.69, 9.17) is 0 Å². The molecule has 0 aromatic rings. The molecule has 1 rings (SSSR count). The summed E-state index contributed by atoms with van der Waals surface area (Å²) in [6.45, 7) is 4.43. The molecule has 1 aliphatic rings. The highest BCUT2D eigenvalue weighted by Gasteiger charge is 2.26. The van der Waals surface area contributed by atoms with Crippen molar-refractivity contribution in [3.05, 3.63) is 0 Å². The monoisotopic (exact) mass is 182 g/mol. The molecular formula is C12H22O. The van der Waals surface area contributed by atoms with Crippen LogP contribution in [-0.4, -0.2) is 5.78 Å². The van der Waals surface area contributed by atoms with Gasteiger partial charge in [-0.15, -0.1) is 0 Å². The fourth-order valence-corrected chi connectivity index (χ4v) is 2.54. The quantitative estimate of drug-likeness (QED) is 0.610. The van der Waals surface area contributed by atoms with Crippen molar-refractivity contribution >= 4 is 5.78 Å². The second-order valence-corrected chi connectivity index (χ2v) is 4.25. The van der Waals surface area contributed by atoms with Crippen molar-refractivity contribution < 1.29 is 4.79 Å². The highest BCUT2D eigenvalue weighted by molar-refractivity contribution is 5.81. The molecule has 0 saturated heterocycles. The lowest BCUT2D eigenvalue weighted by atomic mass is 9.82. The topological polar surface area (TPSA) is 17.1 Å². The van der Waals surface area contributed by atoms with Crippen molar-refractivity contribution in [1.82, 2.24) is 0 Å². The molecule has 1 heteroatoms. The average molecular weight is 182 g/mol. The first kappa shape index (κ1) is 10.7. The number of ketones is 1. The Labute approximate surface area is 81.9 Å². The Hall–Kier alpha value is -0.330. The van der Waals surface area contributed by atoms with E-state index in [0.717, 1.165) is 19.3 Å². The van der Waals surface area contributed by atoms with Crippen molar-refractivity contribution in [2.24, 2.45) is 11.8 Å².